The summed E-state index contributed by atoms with van der Waals surface area (Å²) in [4.78, 5) is 60.1. The summed E-state index contributed by atoms with van der Waals surface area (Å²) >= 11 is 0. The first kappa shape index (κ1) is 46.3. The molecule has 13 heteroatoms. The van der Waals surface area contributed by atoms with Crippen LogP contribution < -0.4 is 10.6 Å². The highest BCUT2D eigenvalue weighted by atomic mass is 16.5. The first-order chi connectivity index (χ1) is 26.6. The molecule has 0 spiro atoms. The van der Waals surface area contributed by atoms with E-state index in [1.165, 1.54) is 0 Å². The predicted molar refractivity (Wildman–Crippen MR) is 216 cm³/mol. The topological polar surface area (TPSA) is 161 Å². The third-order valence-corrected chi connectivity index (χ3v) is 11.4. The van der Waals surface area contributed by atoms with E-state index >= 15 is 0 Å². The maximum Gasteiger partial charge on any atom is 0.242 e. The molecule has 0 aliphatic carbocycles. The van der Waals surface area contributed by atoms with Gasteiger partial charge in [-0.1, -0.05) is 83.5 Å². The van der Waals surface area contributed by atoms with Crippen LogP contribution in [0.15, 0.2) is 54.6 Å². The lowest BCUT2D eigenvalue weighted by Crippen LogP contribution is -2.55. The van der Waals surface area contributed by atoms with E-state index in [0.29, 0.717) is 25.1 Å². The fourth-order valence-corrected chi connectivity index (χ4v) is 8.09. The highest BCUT2D eigenvalue weighted by Crippen LogP contribution is 2.30. The van der Waals surface area contributed by atoms with Crippen molar-refractivity contribution in [3.8, 4) is 5.75 Å². The minimum absolute atomic E-state index is 0.0147. The van der Waals surface area contributed by atoms with Crippen molar-refractivity contribution in [3.63, 3.8) is 0 Å². The molecule has 0 radical (unpaired) electrons. The van der Waals surface area contributed by atoms with Gasteiger partial charge in [0.25, 0.3) is 0 Å². The van der Waals surface area contributed by atoms with E-state index in [1.807, 2.05) is 82.1 Å². The number of aromatic hydroxyl groups is 1. The maximum atomic E-state index is 14.1. The van der Waals surface area contributed by atoms with Crippen LogP contribution in [0.1, 0.15) is 84.5 Å². The number of carbonyl (C=O) groups is 4. The number of aliphatic hydroxyl groups excluding tert-OH is 1. The van der Waals surface area contributed by atoms with Gasteiger partial charge in [0, 0.05) is 34.4 Å². The number of benzene rings is 2. The van der Waals surface area contributed by atoms with Gasteiger partial charge in [-0.3, -0.25) is 24.1 Å². The van der Waals surface area contributed by atoms with Gasteiger partial charge in [-0.2, -0.15) is 0 Å². The molecule has 1 heterocycles. The van der Waals surface area contributed by atoms with Gasteiger partial charge in [0.05, 0.1) is 61.4 Å². The lowest BCUT2D eigenvalue weighted by Gasteiger charge is -2.39. The Morgan fingerprint density at radius 3 is 2.14 bits per heavy atom. The molecule has 13 nitrogen and oxygen atoms in total. The summed E-state index contributed by atoms with van der Waals surface area (Å²) in [6.07, 6.45) is 0.0466. The van der Waals surface area contributed by atoms with E-state index in [2.05, 4.69) is 10.6 Å². The molecule has 9 atom stereocenters. The van der Waals surface area contributed by atoms with Crippen LogP contribution in [0, 0.1) is 17.8 Å². The van der Waals surface area contributed by atoms with Crippen LogP contribution in [0.25, 0.3) is 0 Å². The normalized spacial score (nSPS) is 18.7. The van der Waals surface area contributed by atoms with Crippen molar-refractivity contribution in [2.24, 2.45) is 17.8 Å². The molecular weight excluding hydrogens is 714 g/mol. The molecular formula is C43H67N5O8. The monoisotopic (exact) mass is 781 g/mol. The SMILES string of the molecule is CCC(C)C(C(CC(=O)N1CCCC1C(OC)C(C)C(=O)NC(C)C(O)c1ccccc1)OC)N(C)C(=O)CNC(=O)C(C(C)C)N(C)Cc1ccc(O)cc1. The van der Waals surface area contributed by atoms with Crippen molar-refractivity contribution in [1.82, 2.24) is 25.3 Å². The van der Waals surface area contributed by atoms with Crippen molar-refractivity contribution in [2.45, 2.75) is 116 Å². The van der Waals surface area contributed by atoms with Crippen molar-refractivity contribution < 1.29 is 38.9 Å². The molecule has 2 aromatic carbocycles. The number of hydrogen-bond donors (Lipinski definition) is 4. The fourth-order valence-electron chi connectivity index (χ4n) is 8.09. The Morgan fingerprint density at radius 1 is 0.929 bits per heavy atom. The predicted octanol–water partition coefficient (Wildman–Crippen LogP) is 4.12. The first-order valence-electron chi connectivity index (χ1n) is 20.0. The third-order valence-electron chi connectivity index (χ3n) is 11.4. The summed E-state index contributed by atoms with van der Waals surface area (Å²) in [5.41, 5.74) is 1.65. The van der Waals surface area contributed by atoms with Crippen LogP contribution >= 0.6 is 0 Å². The van der Waals surface area contributed by atoms with E-state index in [-0.39, 0.29) is 60.2 Å². The van der Waals surface area contributed by atoms with E-state index < -0.39 is 42.4 Å². The van der Waals surface area contributed by atoms with Gasteiger partial charge < -0.3 is 40.1 Å². The molecule has 1 aliphatic rings. The molecule has 4 amide bonds. The van der Waals surface area contributed by atoms with Crippen LogP contribution in [0.2, 0.25) is 0 Å². The molecule has 2 aromatic rings. The molecule has 0 bridgehead atoms. The van der Waals surface area contributed by atoms with Gasteiger partial charge >= 0.3 is 0 Å². The molecule has 1 aliphatic heterocycles. The minimum atomic E-state index is -0.884. The zero-order valence-electron chi connectivity index (χ0n) is 35.1. The molecule has 312 valence electrons. The van der Waals surface area contributed by atoms with Gasteiger partial charge in [-0.25, -0.2) is 0 Å². The molecule has 1 saturated heterocycles. The number of rotatable bonds is 21. The van der Waals surface area contributed by atoms with Crippen LogP contribution in [0.4, 0.5) is 0 Å². The number of carbonyl (C=O) groups excluding carboxylic acids is 4. The third kappa shape index (κ3) is 12.2. The number of nitrogens with zero attached hydrogens (tertiary/aromatic N) is 3. The number of likely N-dealkylation sites (tertiary alicyclic amines) is 1. The Labute approximate surface area is 334 Å². The number of amides is 4. The van der Waals surface area contributed by atoms with Gasteiger partial charge in [0.1, 0.15) is 5.75 Å². The Kier molecular flexibility index (Phi) is 18.2. The number of aliphatic hydroxyl groups is 1. The lowest BCUT2D eigenvalue weighted by atomic mass is 9.90. The van der Waals surface area contributed by atoms with Crippen LogP contribution in [0.5, 0.6) is 5.75 Å². The Morgan fingerprint density at radius 2 is 1.57 bits per heavy atom. The van der Waals surface area contributed by atoms with E-state index in [4.69, 9.17) is 9.47 Å². The smallest absolute Gasteiger partial charge is 0.242 e. The molecule has 1 fully saturated rings. The zero-order valence-corrected chi connectivity index (χ0v) is 35.1. The second kappa shape index (κ2) is 22.0. The summed E-state index contributed by atoms with van der Waals surface area (Å²) in [6.45, 7) is 12.3. The first-order valence-corrected chi connectivity index (χ1v) is 20.0. The summed E-state index contributed by atoms with van der Waals surface area (Å²) in [7, 11) is 6.64. The van der Waals surface area contributed by atoms with Crippen LogP contribution in [0.3, 0.4) is 0 Å². The van der Waals surface area contributed by atoms with Gasteiger partial charge in [0.15, 0.2) is 0 Å². The standard InChI is InChI=1S/C43H67N5O8/c1-11-28(4)39(47(8)37(51)25-44-43(54)38(27(2)3)46(7)26-31-19-21-33(49)22-20-31)35(55-9)24-36(50)48-23-15-18-34(48)41(56-10)29(5)42(53)45-30(6)40(52)32-16-13-12-14-17-32/h12-14,16-17,19-22,27-30,34-35,38-41,49,52H,11,15,18,23-26H2,1-10H3,(H,44,54)(H,45,53). The number of methoxy groups -OCH3 is 2. The number of phenolic OH excluding ortho intramolecular Hbond substituents is 1. The highest BCUT2D eigenvalue weighted by molar-refractivity contribution is 5.88. The number of nitrogens with one attached hydrogen (secondary N) is 2. The Bertz CT molecular complexity index is 1540. The average molecular weight is 782 g/mol. The summed E-state index contributed by atoms with van der Waals surface area (Å²) in [5.74, 6) is -1.51. The number of likely N-dealkylation sites (N-methyl/N-ethyl adjacent to an activating group) is 2. The van der Waals surface area contributed by atoms with Gasteiger partial charge in [0.2, 0.25) is 23.6 Å². The van der Waals surface area contributed by atoms with Crippen LogP contribution in [-0.4, -0.2) is 126 Å². The van der Waals surface area contributed by atoms with Crippen molar-refractivity contribution in [1.29, 1.82) is 0 Å². The quantitative estimate of drug-likeness (QED) is 0.146. The summed E-state index contributed by atoms with van der Waals surface area (Å²) in [5, 5.41) is 26.3. The molecule has 4 N–H and O–H groups in total. The molecule has 9 unspecified atom stereocenters. The van der Waals surface area contributed by atoms with Crippen LogP contribution in [-0.2, 0) is 35.2 Å². The molecule has 0 saturated carbocycles. The fraction of sp³-hybridized carbons (Fsp3) is 0.628. The van der Waals surface area contributed by atoms with Gasteiger partial charge in [-0.15, -0.1) is 0 Å². The van der Waals surface area contributed by atoms with E-state index in [0.717, 1.165) is 18.4 Å². The Hall–Kier alpha value is -4.04. The van der Waals surface area contributed by atoms with Gasteiger partial charge in [-0.05, 0) is 61.9 Å². The zero-order chi connectivity index (χ0) is 41.7. The molecule has 3 rings (SSSR count). The summed E-state index contributed by atoms with van der Waals surface area (Å²) < 4.78 is 11.9. The second-order valence-electron chi connectivity index (χ2n) is 15.8. The van der Waals surface area contributed by atoms with Crippen molar-refractivity contribution in [2.75, 3.05) is 41.4 Å². The maximum absolute atomic E-state index is 14.1. The van der Waals surface area contributed by atoms with Crippen molar-refractivity contribution >= 4 is 23.6 Å². The van der Waals surface area contributed by atoms with E-state index in [9.17, 15) is 29.4 Å². The second-order valence-corrected chi connectivity index (χ2v) is 15.8. The molecule has 56 heavy (non-hydrogen) atoms. The summed E-state index contributed by atoms with van der Waals surface area (Å²) in [6, 6.07) is 14.2. The number of phenols is 1. The highest BCUT2D eigenvalue weighted by Gasteiger charge is 2.42. The van der Waals surface area contributed by atoms with Crippen molar-refractivity contribution in [3.05, 3.63) is 65.7 Å². The van der Waals surface area contributed by atoms with E-state index in [1.54, 1.807) is 57.0 Å². The largest absolute Gasteiger partial charge is 0.508 e. The average Bonchev–Trinajstić information content (AvgIpc) is 3.67. The lowest BCUT2D eigenvalue weighted by molar-refractivity contribution is -0.146. The molecule has 0 aromatic heterocycles. The Balaban J connectivity index is 1.67. The minimum Gasteiger partial charge on any atom is -0.508 e. The number of hydrogen-bond acceptors (Lipinski definition) is 9. The number of ether oxygens (including phenoxy) is 2.